The van der Waals surface area contributed by atoms with E-state index in [1.807, 2.05) is 24.4 Å². The predicted molar refractivity (Wildman–Crippen MR) is 108 cm³/mol. The molecule has 3 heterocycles. The van der Waals surface area contributed by atoms with E-state index in [4.69, 9.17) is 15.0 Å². The highest BCUT2D eigenvalue weighted by Crippen LogP contribution is 2.19. The molecule has 2 saturated heterocycles. The van der Waals surface area contributed by atoms with E-state index in [0.717, 1.165) is 70.5 Å². The zero-order valence-corrected chi connectivity index (χ0v) is 16.0. The van der Waals surface area contributed by atoms with Crippen LogP contribution in [-0.2, 0) is 11.3 Å². The van der Waals surface area contributed by atoms with E-state index in [-0.39, 0.29) is 0 Å². The Hall–Kier alpha value is -2.69. The van der Waals surface area contributed by atoms with Crippen molar-refractivity contribution in [2.24, 2.45) is 0 Å². The maximum Gasteiger partial charge on any atom is 0.227 e. The number of morpholine rings is 1. The molecule has 2 aliphatic heterocycles. The SMILES string of the molecule is N#Cc1ccc(CN2CCC(Nc3ccnc(N4CCOCC4)n3)CC2)cc1. The van der Waals surface area contributed by atoms with Gasteiger partial charge in [-0.15, -0.1) is 0 Å². The van der Waals surface area contributed by atoms with Crippen molar-refractivity contribution in [3.05, 3.63) is 47.7 Å². The summed E-state index contributed by atoms with van der Waals surface area (Å²) >= 11 is 0. The van der Waals surface area contributed by atoms with E-state index in [9.17, 15) is 0 Å². The van der Waals surface area contributed by atoms with Gasteiger partial charge in [0.1, 0.15) is 5.82 Å². The minimum absolute atomic E-state index is 0.435. The van der Waals surface area contributed by atoms with Gasteiger partial charge in [-0.25, -0.2) is 4.98 Å². The molecule has 7 heteroatoms. The number of nitriles is 1. The van der Waals surface area contributed by atoms with Gasteiger partial charge in [-0.05, 0) is 36.6 Å². The molecule has 0 saturated carbocycles. The van der Waals surface area contributed by atoms with Gasteiger partial charge >= 0.3 is 0 Å². The van der Waals surface area contributed by atoms with Crippen LogP contribution in [0.5, 0.6) is 0 Å². The van der Waals surface area contributed by atoms with E-state index in [1.54, 1.807) is 0 Å². The minimum atomic E-state index is 0.435. The number of nitrogens with one attached hydrogen (secondary N) is 1. The second-order valence-corrected chi connectivity index (χ2v) is 7.34. The van der Waals surface area contributed by atoms with Gasteiger partial charge in [-0.3, -0.25) is 4.90 Å². The van der Waals surface area contributed by atoms with Crippen LogP contribution in [0.25, 0.3) is 0 Å². The lowest BCUT2D eigenvalue weighted by molar-refractivity contribution is 0.122. The maximum atomic E-state index is 8.91. The lowest BCUT2D eigenvalue weighted by Gasteiger charge is -2.33. The summed E-state index contributed by atoms with van der Waals surface area (Å²) in [4.78, 5) is 13.8. The van der Waals surface area contributed by atoms with Gasteiger partial charge in [-0.2, -0.15) is 10.2 Å². The number of hydrogen-bond acceptors (Lipinski definition) is 7. The summed E-state index contributed by atoms with van der Waals surface area (Å²) in [5.41, 5.74) is 1.98. The van der Waals surface area contributed by atoms with Crippen LogP contribution in [0.15, 0.2) is 36.5 Å². The summed E-state index contributed by atoms with van der Waals surface area (Å²) in [6.07, 6.45) is 4.01. The van der Waals surface area contributed by atoms with Crippen LogP contribution in [0.3, 0.4) is 0 Å². The summed E-state index contributed by atoms with van der Waals surface area (Å²) < 4.78 is 5.41. The summed E-state index contributed by atoms with van der Waals surface area (Å²) in [7, 11) is 0. The van der Waals surface area contributed by atoms with E-state index in [2.05, 4.69) is 38.3 Å². The molecule has 1 N–H and O–H groups in total. The molecule has 7 nitrogen and oxygen atoms in total. The molecule has 0 spiro atoms. The third-order valence-corrected chi connectivity index (χ3v) is 5.37. The summed E-state index contributed by atoms with van der Waals surface area (Å²) in [5, 5.41) is 12.5. The van der Waals surface area contributed by atoms with Gasteiger partial charge in [0.05, 0.1) is 24.8 Å². The highest BCUT2D eigenvalue weighted by molar-refractivity contribution is 5.42. The largest absolute Gasteiger partial charge is 0.378 e. The predicted octanol–water partition coefficient (Wildman–Crippen LogP) is 2.26. The second-order valence-electron chi connectivity index (χ2n) is 7.34. The van der Waals surface area contributed by atoms with Crippen LogP contribution in [0.1, 0.15) is 24.0 Å². The number of anilines is 2. The maximum absolute atomic E-state index is 8.91. The number of aromatic nitrogens is 2. The molecular formula is C21H26N6O. The monoisotopic (exact) mass is 378 g/mol. The van der Waals surface area contributed by atoms with E-state index in [1.165, 1.54) is 5.56 Å². The van der Waals surface area contributed by atoms with Crippen molar-refractivity contribution in [2.45, 2.75) is 25.4 Å². The van der Waals surface area contributed by atoms with Crippen LogP contribution < -0.4 is 10.2 Å². The fourth-order valence-corrected chi connectivity index (χ4v) is 3.73. The van der Waals surface area contributed by atoms with Crippen molar-refractivity contribution in [3.63, 3.8) is 0 Å². The van der Waals surface area contributed by atoms with Crippen LogP contribution >= 0.6 is 0 Å². The molecule has 0 radical (unpaired) electrons. The molecule has 2 fully saturated rings. The average molecular weight is 378 g/mol. The normalized spacial score (nSPS) is 18.6. The Balaban J connectivity index is 1.27. The molecule has 2 aliphatic rings. The first-order valence-corrected chi connectivity index (χ1v) is 9.94. The van der Waals surface area contributed by atoms with Gasteiger partial charge in [0.2, 0.25) is 5.95 Å². The molecular weight excluding hydrogens is 352 g/mol. The first-order valence-electron chi connectivity index (χ1n) is 9.94. The molecule has 2 aromatic rings. The van der Waals surface area contributed by atoms with E-state index >= 15 is 0 Å². The zero-order chi connectivity index (χ0) is 19.2. The Morgan fingerprint density at radius 1 is 1.07 bits per heavy atom. The number of ether oxygens (including phenoxy) is 1. The Bertz CT molecular complexity index is 804. The second kappa shape index (κ2) is 9.00. The molecule has 1 aromatic heterocycles. The molecule has 0 unspecified atom stereocenters. The number of hydrogen-bond donors (Lipinski definition) is 1. The molecule has 146 valence electrons. The third kappa shape index (κ3) is 4.77. The van der Waals surface area contributed by atoms with Crippen LogP contribution in [0, 0.1) is 11.3 Å². The topological polar surface area (TPSA) is 77.3 Å². The van der Waals surface area contributed by atoms with Gasteiger partial charge in [-0.1, -0.05) is 12.1 Å². The third-order valence-electron chi connectivity index (χ3n) is 5.37. The first kappa shape index (κ1) is 18.7. The molecule has 0 amide bonds. The van der Waals surface area contributed by atoms with Crippen LogP contribution in [0.4, 0.5) is 11.8 Å². The van der Waals surface area contributed by atoms with Gasteiger partial charge < -0.3 is 15.0 Å². The minimum Gasteiger partial charge on any atom is -0.378 e. The van der Waals surface area contributed by atoms with Gasteiger partial charge in [0.25, 0.3) is 0 Å². The molecule has 0 atom stereocenters. The fourth-order valence-electron chi connectivity index (χ4n) is 3.73. The number of likely N-dealkylation sites (tertiary alicyclic amines) is 1. The lowest BCUT2D eigenvalue weighted by atomic mass is 10.0. The molecule has 0 bridgehead atoms. The Morgan fingerprint density at radius 2 is 1.82 bits per heavy atom. The zero-order valence-electron chi connectivity index (χ0n) is 16.0. The van der Waals surface area contributed by atoms with Crippen LogP contribution in [-0.4, -0.2) is 60.3 Å². The van der Waals surface area contributed by atoms with Crippen molar-refractivity contribution < 1.29 is 4.74 Å². The standard InChI is InChI=1S/C21H26N6O/c22-15-17-1-3-18(4-2-17)16-26-9-6-19(7-10-26)24-20-5-8-23-21(25-20)27-11-13-28-14-12-27/h1-5,8,19H,6-7,9-14,16H2,(H,23,24,25). The highest BCUT2D eigenvalue weighted by Gasteiger charge is 2.20. The number of piperidine rings is 1. The van der Waals surface area contributed by atoms with E-state index in [0.29, 0.717) is 11.6 Å². The first-order chi connectivity index (χ1) is 13.8. The van der Waals surface area contributed by atoms with Gasteiger partial charge in [0.15, 0.2) is 0 Å². The summed E-state index contributed by atoms with van der Waals surface area (Å²) in [6.45, 7) is 6.21. The quantitative estimate of drug-likeness (QED) is 0.855. The molecule has 1 aromatic carbocycles. The average Bonchev–Trinajstić information content (AvgIpc) is 2.76. The fraction of sp³-hybridized carbons (Fsp3) is 0.476. The Kier molecular flexibility index (Phi) is 6.00. The van der Waals surface area contributed by atoms with Crippen molar-refractivity contribution >= 4 is 11.8 Å². The Labute approximate surface area is 166 Å². The lowest BCUT2D eigenvalue weighted by Crippen LogP contribution is -2.39. The summed E-state index contributed by atoms with van der Waals surface area (Å²) in [5.74, 6) is 1.69. The van der Waals surface area contributed by atoms with Gasteiger partial charge in [0, 0.05) is 45.0 Å². The van der Waals surface area contributed by atoms with E-state index < -0.39 is 0 Å². The van der Waals surface area contributed by atoms with Crippen molar-refractivity contribution in [2.75, 3.05) is 49.6 Å². The van der Waals surface area contributed by atoms with Crippen LogP contribution in [0.2, 0.25) is 0 Å². The number of benzene rings is 1. The number of nitrogens with zero attached hydrogens (tertiary/aromatic N) is 5. The van der Waals surface area contributed by atoms with Crippen molar-refractivity contribution in [3.8, 4) is 6.07 Å². The number of rotatable bonds is 5. The molecule has 28 heavy (non-hydrogen) atoms. The smallest absolute Gasteiger partial charge is 0.227 e. The van der Waals surface area contributed by atoms with Crippen molar-refractivity contribution in [1.29, 1.82) is 5.26 Å². The summed E-state index contributed by atoms with van der Waals surface area (Å²) in [6, 6.07) is 12.4. The highest BCUT2D eigenvalue weighted by atomic mass is 16.5. The Morgan fingerprint density at radius 3 is 2.54 bits per heavy atom. The molecule has 4 rings (SSSR count). The van der Waals surface area contributed by atoms with Crippen molar-refractivity contribution in [1.82, 2.24) is 14.9 Å². The molecule has 0 aliphatic carbocycles.